The molecule has 0 unspecified atom stereocenters. The predicted molar refractivity (Wildman–Crippen MR) is 117 cm³/mol. The molecule has 1 aliphatic carbocycles. The van der Waals surface area contributed by atoms with Gasteiger partial charge in [-0.2, -0.15) is 0 Å². The summed E-state index contributed by atoms with van der Waals surface area (Å²) in [6, 6.07) is 16.5. The molecule has 0 spiro atoms. The standard InChI is InChI=1S/C24H29BrO4/c1-24(2,3)29-23(26)19-15-22(16-19)28-13-12-27-21-10-6-18(7-11-21)14-17-4-8-20(25)9-5-17/h4-11,19,22H,12-16H2,1-3H3. The van der Waals surface area contributed by atoms with E-state index in [2.05, 4.69) is 52.3 Å². The fourth-order valence-electron chi connectivity index (χ4n) is 3.20. The van der Waals surface area contributed by atoms with E-state index in [4.69, 9.17) is 14.2 Å². The van der Waals surface area contributed by atoms with Gasteiger partial charge in [0.2, 0.25) is 0 Å². The van der Waals surface area contributed by atoms with E-state index in [1.165, 1.54) is 11.1 Å². The Hall–Kier alpha value is -1.85. The number of benzene rings is 2. The van der Waals surface area contributed by atoms with E-state index in [1.807, 2.05) is 32.9 Å². The molecule has 1 saturated carbocycles. The molecule has 1 aliphatic rings. The fourth-order valence-corrected chi connectivity index (χ4v) is 3.46. The van der Waals surface area contributed by atoms with Crippen molar-refractivity contribution in [2.45, 2.75) is 51.7 Å². The lowest BCUT2D eigenvalue weighted by Crippen LogP contribution is -2.40. The van der Waals surface area contributed by atoms with E-state index in [1.54, 1.807) is 0 Å². The molecule has 1 fully saturated rings. The average Bonchev–Trinajstić information content (AvgIpc) is 2.61. The number of carbonyl (C=O) groups excluding carboxylic acids is 1. The van der Waals surface area contributed by atoms with Gasteiger partial charge in [0.15, 0.2) is 0 Å². The second-order valence-electron chi connectivity index (χ2n) is 8.49. The first kappa shape index (κ1) is 21.8. The molecule has 0 N–H and O–H groups in total. The van der Waals surface area contributed by atoms with E-state index < -0.39 is 5.60 Å². The van der Waals surface area contributed by atoms with Gasteiger partial charge in [0.1, 0.15) is 18.0 Å². The van der Waals surface area contributed by atoms with Gasteiger partial charge in [0.05, 0.1) is 18.6 Å². The Bertz CT molecular complexity index is 787. The van der Waals surface area contributed by atoms with E-state index in [-0.39, 0.29) is 18.0 Å². The van der Waals surface area contributed by atoms with E-state index in [0.29, 0.717) is 13.2 Å². The van der Waals surface area contributed by atoms with Crippen molar-refractivity contribution in [1.29, 1.82) is 0 Å². The third kappa shape index (κ3) is 7.16. The van der Waals surface area contributed by atoms with E-state index >= 15 is 0 Å². The summed E-state index contributed by atoms with van der Waals surface area (Å²) >= 11 is 3.46. The minimum atomic E-state index is -0.426. The molecule has 0 aliphatic heterocycles. The number of esters is 1. The first-order chi connectivity index (χ1) is 13.8. The molecule has 0 saturated heterocycles. The summed E-state index contributed by atoms with van der Waals surface area (Å²) in [6.07, 6.45) is 2.50. The van der Waals surface area contributed by atoms with Gasteiger partial charge in [-0.3, -0.25) is 4.79 Å². The molecule has 3 rings (SSSR count). The van der Waals surface area contributed by atoms with Gasteiger partial charge in [0.25, 0.3) is 0 Å². The van der Waals surface area contributed by atoms with Crippen LogP contribution in [0.2, 0.25) is 0 Å². The van der Waals surface area contributed by atoms with Crippen LogP contribution >= 0.6 is 15.9 Å². The van der Waals surface area contributed by atoms with Crippen LogP contribution < -0.4 is 4.74 Å². The maximum Gasteiger partial charge on any atom is 0.309 e. The Labute approximate surface area is 181 Å². The molecule has 4 nitrogen and oxygen atoms in total. The van der Waals surface area contributed by atoms with Crippen molar-refractivity contribution in [3.05, 3.63) is 64.1 Å². The number of carbonyl (C=O) groups is 1. The molecular weight excluding hydrogens is 432 g/mol. The second-order valence-corrected chi connectivity index (χ2v) is 9.41. The second kappa shape index (κ2) is 9.77. The van der Waals surface area contributed by atoms with Crippen LogP contribution in [0.4, 0.5) is 0 Å². The molecule has 2 aromatic carbocycles. The van der Waals surface area contributed by atoms with Gasteiger partial charge >= 0.3 is 5.97 Å². The summed E-state index contributed by atoms with van der Waals surface area (Å²) in [4.78, 5) is 12.0. The molecule has 0 aromatic heterocycles. The van der Waals surface area contributed by atoms with Crippen molar-refractivity contribution in [3.8, 4) is 5.75 Å². The molecular formula is C24H29BrO4. The summed E-state index contributed by atoms with van der Waals surface area (Å²) in [6.45, 7) is 6.69. The fraction of sp³-hybridized carbons (Fsp3) is 0.458. The highest BCUT2D eigenvalue weighted by Crippen LogP contribution is 2.32. The lowest BCUT2D eigenvalue weighted by Gasteiger charge is -2.35. The largest absolute Gasteiger partial charge is 0.491 e. The lowest BCUT2D eigenvalue weighted by molar-refractivity contribution is -0.169. The highest BCUT2D eigenvalue weighted by Gasteiger charge is 2.37. The summed E-state index contributed by atoms with van der Waals surface area (Å²) in [5.41, 5.74) is 2.10. The van der Waals surface area contributed by atoms with E-state index in [0.717, 1.165) is 29.5 Å². The Morgan fingerprint density at radius 3 is 2.14 bits per heavy atom. The molecule has 2 aromatic rings. The smallest absolute Gasteiger partial charge is 0.309 e. The topological polar surface area (TPSA) is 44.8 Å². The normalized spacial score (nSPS) is 18.8. The van der Waals surface area contributed by atoms with Gasteiger partial charge in [-0.15, -0.1) is 0 Å². The number of hydrogen-bond donors (Lipinski definition) is 0. The Morgan fingerprint density at radius 2 is 1.55 bits per heavy atom. The van der Waals surface area contributed by atoms with Gasteiger partial charge in [0, 0.05) is 4.47 Å². The quantitative estimate of drug-likeness (QED) is 0.382. The minimum Gasteiger partial charge on any atom is -0.491 e. The van der Waals surface area contributed by atoms with Crippen LogP contribution in [-0.4, -0.2) is 30.9 Å². The molecule has 0 heterocycles. The first-order valence-electron chi connectivity index (χ1n) is 10.1. The summed E-state index contributed by atoms with van der Waals surface area (Å²) < 4.78 is 18.0. The van der Waals surface area contributed by atoms with Gasteiger partial charge in [-0.25, -0.2) is 0 Å². The molecule has 29 heavy (non-hydrogen) atoms. The summed E-state index contributed by atoms with van der Waals surface area (Å²) in [5.74, 6) is 0.698. The van der Waals surface area contributed by atoms with Gasteiger partial charge in [-0.1, -0.05) is 40.2 Å². The lowest BCUT2D eigenvalue weighted by atomic mass is 9.82. The van der Waals surface area contributed by atoms with Crippen molar-refractivity contribution in [2.75, 3.05) is 13.2 Å². The van der Waals surface area contributed by atoms with Crippen LogP contribution in [-0.2, 0) is 20.7 Å². The number of ether oxygens (including phenoxy) is 3. The zero-order chi connectivity index (χ0) is 20.9. The van der Waals surface area contributed by atoms with Crippen molar-refractivity contribution in [1.82, 2.24) is 0 Å². The van der Waals surface area contributed by atoms with E-state index in [9.17, 15) is 4.79 Å². The Kier molecular flexibility index (Phi) is 7.36. The van der Waals surface area contributed by atoms with Crippen LogP contribution in [0, 0.1) is 5.92 Å². The number of halogens is 1. The zero-order valence-corrected chi connectivity index (χ0v) is 18.9. The van der Waals surface area contributed by atoms with Crippen LogP contribution in [0.1, 0.15) is 44.7 Å². The summed E-state index contributed by atoms with van der Waals surface area (Å²) in [7, 11) is 0. The molecule has 156 valence electrons. The molecule has 0 amide bonds. The zero-order valence-electron chi connectivity index (χ0n) is 17.3. The third-order valence-corrected chi connectivity index (χ3v) is 5.31. The van der Waals surface area contributed by atoms with Crippen molar-refractivity contribution < 1.29 is 19.0 Å². The summed E-state index contributed by atoms with van der Waals surface area (Å²) in [5, 5.41) is 0. The number of rotatable bonds is 8. The van der Waals surface area contributed by atoms with Gasteiger partial charge in [-0.05, 0) is 75.4 Å². The van der Waals surface area contributed by atoms with Gasteiger partial charge < -0.3 is 14.2 Å². The Balaban J connectivity index is 1.31. The first-order valence-corrected chi connectivity index (χ1v) is 10.9. The monoisotopic (exact) mass is 460 g/mol. The highest BCUT2D eigenvalue weighted by atomic mass is 79.9. The molecule has 0 radical (unpaired) electrons. The van der Waals surface area contributed by atoms with Crippen molar-refractivity contribution >= 4 is 21.9 Å². The van der Waals surface area contributed by atoms with Crippen LogP contribution in [0.5, 0.6) is 5.75 Å². The molecule has 0 bridgehead atoms. The predicted octanol–water partition coefficient (Wildman–Crippen LogP) is 5.56. The van der Waals surface area contributed by atoms with Crippen LogP contribution in [0.3, 0.4) is 0 Å². The van der Waals surface area contributed by atoms with Crippen LogP contribution in [0.15, 0.2) is 53.0 Å². The maximum atomic E-state index is 12.0. The van der Waals surface area contributed by atoms with Crippen molar-refractivity contribution in [2.24, 2.45) is 5.92 Å². The third-order valence-electron chi connectivity index (χ3n) is 4.79. The SMILES string of the molecule is CC(C)(C)OC(=O)C1CC(OCCOc2ccc(Cc3ccc(Br)cc3)cc2)C1. The maximum absolute atomic E-state index is 12.0. The minimum absolute atomic E-state index is 0.0292. The molecule has 5 heteroatoms. The highest BCUT2D eigenvalue weighted by molar-refractivity contribution is 9.10. The Morgan fingerprint density at radius 1 is 0.966 bits per heavy atom. The van der Waals surface area contributed by atoms with Crippen molar-refractivity contribution in [3.63, 3.8) is 0 Å². The molecule has 0 atom stereocenters. The van der Waals surface area contributed by atoms with Crippen LogP contribution in [0.25, 0.3) is 0 Å². The number of hydrogen-bond acceptors (Lipinski definition) is 4. The average molecular weight is 461 g/mol.